The van der Waals surface area contributed by atoms with Crippen molar-refractivity contribution in [3.8, 4) is 12.1 Å². The molecule has 0 bridgehead atoms. The van der Waals surface area contributed by atoms with Crippen LogP contribution >= 0.6 is 0 Å². The van der Waals surface area contributed by atoms with Crippen molar-refractivity contribution in [1.82, 2.24) is 4.98 Å². The largest absolute Gasteiger partial charge is 0.349 e. The van der Waals surface area contributed by atoms with Crippen molar-refractivity contribution in [2.45, 2.75) is 13.8 Å². The Morgan fingerprint density at radius 2 is 1.82 bits per heavy atom. The molecule has 11 heavy (non-hydrogen) atoms. The second-order valence-electron chi connectivity index (χ2n) is 2.35. The molecule has 0 fully saturated rings. The normalized spacial score (nSPS) is 8.73. The van der Waals surface area contributed by atoms with Crippen molar-refractivity contribution in [2.24, 2.45) is 0 Å². The van der Waals surface area contributed by atoms with Gasteiger partial charge in [0.2, 0.25) is 0 Å². The number of aromatic amines is 1. The van der Waals surface area contributed by atoms with Gasteiger partial charge in [-0.15, -0.1) is 0 Å². The minimum absolute atomic E-state index is 0.485. The third-order valence-corrected chi connectivity index (χ3v) is 1.66. The Morgan fingerprint density at radius 1 is 1.18 bits per heavy atom. The molecule has 1 heterocycles. The fourth-order valence-electron chi connectivity index (χ4n) is 1.03. The molecule has 0 unspecified atom stereocenters. The summed E-state index contributed by atoms with van der Waals surface area (Å²) in [6.45, 7) is 3.55. The van der Waals surface area contributed by atoms with Crippen LogP contribution in [0.15, 0.2) is 0 Å². The maximum Gasteiger partial charge on any atom is 0.122 e. The highest BCUT2D eigenvalue weighted by Gasteiger charge is 2.08. The fourth-order valence-corrected chi connectivity index (χ4v) is 1.03. The van der Waals surface area contributed by atoms with Gasteiger partial charge in [-0.1, -0.05) is 0 Å². The van der Waals surface area contributed by atoms with Gasteiger partial charge < -0.3 is 4.98 Å². The average molecular weight is 145 g/mol. The van der Waals surface area contributed by atoms with E-state index in [9.17, 15) is 0 Å². The number of hydrogen-bond acceptors (Lipinski definition) is 2. The highest BCUT2D eigenvalue weighted by molar-refractivity contribution is 5.48. The number of H-pyrrole nitrogens is 1. The standard InChI is InChI=1S/C8H7N3/c1-5-7(3-9)6(2)11-8(5)4-10/h11H,1-2H3. The quantitative estimate of drug-likeness (QED) is 0.599. The number of aryl methyl sites for hydroxylation is 1. The molecule has 1 aromatic rings. The lowest BCUT2D eigenvalue weighted by molar-refractivity contribution is 1.22. The maximum absolute atomic E-state index is 8.63. The zero-order valence-corrected chi connectivity index (χ0v) is 6.39. The first-order valence-electron chi connectivity index (χ1n) is 3.20. The molecule has 1 aromatic heterocycles. The van der Waals surface area contributed by atoms with Crippen LogP contribution in [0.5, 0.6) is 0 Å². The summed E-state index contributed by atoms with van der Waals surface area (Å²) in [5.41, 5.74) is 2.58. The van der Waals surface area contributed by atoms with Gasteiger partial charge in [-0.3, -0.25) is 0 Å². The average Bonchev–Trinajstić information content (AvgIpc) is 2.26. The van der Waals surface area contributed by atoms with Crippen molar-refractivity contribution in [1.29, 1.82) is 10.5 Å². The molecule has 0 spiro atoms. The number of rotatable bonds is 0. The molecule has 0 saturated carbocycles. The summed E-state index contributed by atoms with van der Waals surface area (Å²) in [5, 5.41) is 17.2. The van der Waals surface area contributed by atoms with Crippen LogP contribution in [0.4, 0.5) is 0 Å². The zero-order chi connectivity index (χ0) is 8.43. The van der Waals surface area contributed by atoms with E-state index in [0.29, 0.717) is 11.3 Å². The predicted molar refractivity (Wildman–Crippen MR) is 39.7 cm³/mol. The number of nitriles is 2. The highest BCUT2D eigenvalue weighted by atomic mass is 14.7. The molecule has 0 saturated heterocycles. The van der Waals surface area contributed by atoms with E-state index < -0.39 is 0 Å². The Kier molecular flexibility index (Phi) is 1.66. The van der Waals surface area contributed by atoms with E-state index in [2.05, 4.69) is 4.98 Å². The first kappa shape index (κ1) is 7.37. The van der Waals surface area contributed by atoms with Gasteiger partial charge in [0.25, 0.3) is 0 Å². The van der Waals surface area contributed by atoms with E-state index in [1.54, 1.807) is 13.8 Å². The summed E-state index contributed by atoms with van der Waals surface area (Å²) in [7, 11) is 0. The van der Waals surface area contributed by atoms with E-state index >= 15 is 0 Å². The van der Waals surface area contributed by atoms with Crippen LogP contribution in [0.3, 0.4) is 0 Å². The smallest absolute Gasteiger partial charge is 0.122 e. The molecular weight excluding hydrogens is 138 g/mol. The van der Waals surface area contributed by atoms with Crippen LogP contribution in [0, 0.1) is 36.5 Å². The molecule has 0 aromatic carbocycles. The zero-order valence-electron chi connectivity index (χ0n) is 6.39. The molecule has 3 heteroatoms. The molecule has 0 atom stereocenters. The molecule has 0 radical (unpaired) electrons. The molecule has 1 N–H and O–H groups in total. The second-order valence-corrected chi connectivity index (χ2v) is 2.35. The molecule has 54 valence electrons. The number of aromatic nitrogens is 1. The van der Waals surface area contributed by atoms with Crippen molar-refractivity contribution >= 4 is 0 Å². The van der Waals surface area contributed by atoms with E-state index in [4.69, 9.17) is 10.5 Å². The van der Waals surface area contributed by atoms with Crippen LogP contribution in [0.1, 0.15) is 22.5 Å². The van der Waals surface area contributed by atoms with Crippen molar-refractivity contribution < 1.29 is 0 Å². The Labute approximate surface area is 64.9 Å². The van der Waals surface area contributed by atoms with Crippen molar-refractivity contribution in [3.63, 3.8) is 0 Å². The third-order valence-electron chi connectivity index (χ3n) is 1.66. The summed E-state index contributed by atoms with van der Waals surface area (Å²) in [6, 6.07) is 4.02. The van der Waals surface area contributed by atoms with E-state index in [1.165, 1.54) is 0 Å². The van der Waals surface area contributed by atoms with Gasteiger partial charge in [-0.05, 0) is 13.8 Å². The molecular formula is C8H7N3. The Balaban J connectivity index is 3.43. The lowest BCUT2D eigenvalue weighted by atomic mass is 10.1. The Morgan fingerprint density at radius 3 is 2.09 bits per heavy atom. The lowest BCUT2D eigenvalue weighted by Crippen LogP contribution is -1.77. The predicted octanol–water partition coefficient (Wildman–Crippen LogP) is 1.37. The summed E-state index contributed by atoms with van der Waals surface area (Å²) in [6.07, 6.45) is 0. The van der Waals surface area contributed by atoms with Crippen LogP contribution in [0.2, 0.25) is 0 Å². The molecule has 0 aliphatic heterocycles. The first-order valence-corrected chi connectivity index (χ1v) is 3.20. The van der Waals surface area contributed by atoms with Gasteiger partial charge in [-0.25, -0.2) is 0 Å². The minimum atomic E-state index is 0.485. The van der Waals surface area contributed by atoms with Gasteiger partial charge in [0.15, 0.2) is 0 Å². The minimum Gasteiger partial charge on any atom is -0.349 e. The van der Waals surface area contributed by atoms with Gasteiger partial charge in [0.05, 0.1) is 5.56 Å². The van der Waals surface area contributed by atoms with Crippen LogP contribution in [0.25, 0.3) is 0 Å². The Bertz CT molecular complexity index is 360. The van der Waals surface area contributed by atoms with Crippen LogP contribution in [-0.4, -0.2) is 4.98 Å². The first-order chi connectivity index (χ1) is 5.20. The lowest BCUT2D eigenvalue weighted by Gasteiger charge is -1.84. The summed E-state index contributed by atoms with van der Waals surface area (Å²) in [5.74, 6) is 0. The van der Waals surface area contributed by atoms with Crippen molar-refractivity contribution in [2.75, 3.05) is 0 Å². The highest BCUT2D eigenvalue weighted by Crippen LogP contribution is 2.14. The van der Waals surface area contributed by atoms with E-state index in [1.807, 2.05) is 12.1 Å². The summed E-state index contributed by atoms with van der Waals surface area (Å²) >= 11 is 0. The number of hydrogen-bond donors (Lipinski definition) is 1. The summed E-state index contributed by atoms with van der Waals surface area (Å²) < 4.78 is 0. The van der Waals surface area contributed by atoms with Crippen molar-refractivity contribution in [3.05, 3.63) is 22.5 Å². The van der Waals surface area contributed by atoms with Gasteiger partial charge in [-0.2, -0.15) is 10.5 Å². The van der Waals surface area contributed by atoms with Gasteiger partial charge in [0, 0.05) is 11.3 Å². The van der Waals surface area contributed by atoms with E-state index in [-0.39, 0.29) is 0 Å². The van der Waals surface area contributed by atoms with Crippen LogP contribution < -0.4 is 0 Å². The number of nitrogens with one attached hydrogen (secondary N) is 1. The summed E-state index contributed by atoms with van der Waals surface area (Å²) in [4.78, 5) is 2.83. The SMILES string of the molecule is Cc1[nH]c(C#N)c(C)c1C#N. The van der Waals surface area contributed by atoms with Gasteiger partial charge in [0.1, 0.15) is 17.8 Å². The monoisotopic (exact) mass is 145 g/mol. The second kappa shape index (κ2) is 2.48. The van der Waals surface area contributed by atoms with Crippen LogP contribution in [-0.2, 0) is 0 Å². The third kappa shape index (κ3) is 0.971. The molecule has 0 amide bonds. The fraction of sp³-hybridized carbons (Fsp3) is 0.250. The van der Waals surface area contributed by atoms with Gasteiger partial charge >= 0.3 is 0 Å². The Hall–Kier alpha value is -1.74. The molecule has 0 aliphatic rings. The maximum atomic E-state index is 8.63. The topological polar surface area (TPSA) is 63.4 Å². The molecule has 0 aliphatic carbocycles. The number of nitrogens with zero attached hydrogens (tertiary/aromatic N) is 2. The molecule has 1 rings (SSSR count). The van der Waals surface area contributed by atoms with E-state index in [0.717, 1.165) is 11.3 Å². The molecule has 3 nitrogen and oxygen atoms in total.